The predicted molar refractivity (Wildman–Crippen MR) is 64.4 cm³/mol. The van der Waals surface area contributed by atoms with Gasteiger partial charge in [-0.2, -0.15) is 0 Å². The third-order valence-electron chi connectivity index (χ3n) is 2.37. The van der Waals surface area contributed by atoms with Gasteiger partial charge in [-0.3, -0.25) is 0 Å². The van der Waals surface area contributed by atoms with Gasteiger partial charge in [0.15, 0.2) is 0 Å². The number of rotatable bonds is 2. The van der Waals surface area contributed by atoms with Gasteiger partial charge >= 0.3 is 17.4 Å². The Balaban J connectivity index is -0.000000563. The van der Waals surface area contributed by atoms with E-state index in [0.717, 1.165) is 16.8 Å². The van der Waals surface area contributed by atoms with Gasteiger partial charge in [0, 0.05) is 0 Å². The van der Waals surface area contributed by atoms with E-state index in [1.165, 1.54) is 0 Å². The second-order valence-corrected chi connectivity index (χ2v) is 4.12. The summed E-state index contributed by atoms with van der Waals surface area (Å²) < 4.78 is 0. The summed E-state index contributed by atoms with van der Waals surface area (Å²) in [5.41, 5.74) is 11.1. The molecule has 0 amide bonds. The van der Waals surface area contributed by atoms with Crippen LogP contribution in [0.3, 0.4) is 0 Å². The summed E-state index contributed by atoms with van der Waals surface area (Å²) in [4.78, 5) is 0. The van der Waals surface area contributed by atoms with E-state index in [4.69, 9.17) is 5.73 Å². The Morgan fingerprint density at radius 1 is 0.875 bits per heavy atom. The van der Waals surface area contributed by atoms with E-state index in [2.05, 4.69) is 45.9 Å². The molecule has 0 aliphatic heterocycles. The Bertz CT molecular complexity index is 275. The first-order valence-electron chi connectivity index (χ1n) is 4.88. The van der Waals surface area contributed by atoms with E-state index < -0.39 is 0 Å². The molecule has 0 saturated heterocycles. The molecule has 1 nitrogen and oxygen atoms in total. The summed E-state index contributed by atoms with van der Waals surface area (Å²) >= 11 is 0. The van der Waals surface area contributed by atoms with Crippen molar-refractivity contribution in [3.8, 4) is 0 Å². The van der Waals surface area contributed by atoms with Crippen molar-refractivity contribution in [1.29, 1.82) is 0 Å². The van der Waals surface area contributed by atoms with Gasteiger partial charge in [0.1, 0.15) is 0 Å². The zero-order chi connectivity index (χ0) is 10.0. The standard InChI is InChI=1S/C12H18N.Al.2HI/c1-8(2)10-6-5-7-11(9(3)4)12(10)13;;;/h5-9,13H,1-4H3;;2*1H/q-1;+3;;/p-2. The van der Waals surface area contributed by atoms with Crippen molar-refractivity contribution < 1.29 is 48.0 Å². The van der Waals surface area contributed by atoms with E-state index in [9.17, 15) is 0 Å². The van der Waals surface area contributed by atoms with Crippen LogP contribution in [-0.4, -0.2) is 17.4 Å². The van der Waals surface area contributed by atoms with Crippen molar-refractivity contribution in [2.24, 2.45) is 0 Å². The first-order chi connectivity index (χ1) is 6.04. The van der Waals surface area contributed by atoms with E-state index in [0.29, 0.717) is 11.8 Å². The summed E-state index contributed by atoms with van der Waals surface area (Å²) in [5.74, 6) is 0.900. The molecule has 0 heterocycles. The zero-order valence-corrected chi connectivity index (χ0v) is 15.7. The zero-order valence-electron chi connectivity index (χ0n) is 10.2. The maximum absolute atomic E-state index is 8.01. The van der Waals surface area contributed by atoms with Gasteiger partial charge in [-0.05, 0) is 11.8 Å². The minimum Gasteiger partial charge on any atom is -1.00 e. The summed E-state index contributed by atoms with van der Waals surface area (Å²) in [7, 11) is 0. The monoisotopic (exact) mass is 457 g/mol. The average Bonchev–Trinajstić information content (AvgIpc) is 2.03. The Morgan fingerprint density at radius 3 is 1.44 bits per heavy atom. The fourth-order valence-electron chi connectivity index (χ4n) is 1.55. The molecule has 16 heavy (non-hydrogen) atoms. The van der Waals surface area contributed by atoms with Crippen molar-refractivity contribution in [2.75, 3.05) is 0 Å². The molecule has 0 aromatic heterocycles. The van der Waals surface area contributed by atoms with Crippen LogP contribution in [0, 0.1) is 0 Å². The van der Waals surface area contributed by atoms with Gasteiger partial charge in [0.25, 0.3) is 0 Å². The molecule has 1 aromatic rings. The molecule has 0 atom stereocenters. The van der Waals surface area contributed by atoms with Gasteiger partial charge in [0.05, 0.1) is 0 Å². The van der Waals surface area contributed by atoms with Crippen LogP contribution in [0.1, 0.15) is 50.7 Å². The van der Waals surface area contributed by atoms with Gasteiger partial charge in [-0.25, -0.2) is 0 Å². The second-order valence-electron chi connectivity index (χ2n) is 4.12. The molecule has 0 unspecified atom stereocenters. The summed E-state index contributed by atoms with van der Waals surface area (Å²) in [6.45, 7) is 8.55. The van der Waals surface area contributed by atoms with Crippen LogP contribution in [0.4, 0.5) is 5.69 Å². The molecule has 0 aliphatic carbocycles. The van der Waals surface area contributed by atoms with Crippen molar-refractivity contribution >= 4 is 23.0 Å². The van der Waals surface area contributed by atoms with Crippen LogP contribution in [0.25, 0.3) is 5.73 Å². The average molecular weight is 457 g/mol. The third kappa shape index (κ3) is 5.57. The number of hydrogen-bond donors (Lipinski definition) is 0. The van der Waals surface area contributed by atoms with E-state index >= 15 is 0 Å². The molecule has 0 bridgehead atoms. The van der Waals surface area contributed by atoms with E-state index in [-0.39, 0.29) is 65.3 Å². The number of hydrogen-bond acceptors (Lipinski definition) is 0. The van der Waals surface area contributed by atoms with Crippen LogP contribution in [0.15, 0.2) is 18.2 Å². The largest absolute Gasteiger partial charge is 3.00 e. The van der Waals surface area contributed by atoms with Crippen molar-refractivity contribution in [3.63, 3.8) is 0 Å². The Morgan fingerprint density at radius 2 is 1.19 bits per heavy atom. The molecular formula is C12H18AlI2N. The normalized spacial score (nSPS) is 9.12. The van der Waals surface area contributed by atoms with Crippen LogP contribution in [-0.2, 0) is 0 Å². The maximum Gasteiger partial charge on any atom is 3.00 e. The first kappa shape index (κ1) is 22.2. The molecule has 1 rings (SSSR count). The molecule has 0 saturated carbocycles. The first-order valence-corrected chi connectivity index (χ1v) is 4.88. The molecule has 1 N–H and O–H groups in total. The molecule has 0 aliphatic rings. The molecular weight excluding hydrogens is 439 g/mol. The smallest absolute Gasteiger partial charge is 1.00 e. The minimum absolute atomic E-state index is 0. The van der Waals surface area contributed by atoms with Crippen molar-refractivity contribution in [2.45, 2.75) is 39.5 Å². The van der Waals surface area contributed by atoms with Crippen molar-refractivity contribution in [3.05, 3.63) is 35.1 Å². The Hall–Kier alpha value is 1.01. The third-order valence-corrected chi connectivity index (χ3v) is 2.37. The van der Waals surface area contributed by atoms with Crippen LogP contribution >= 0.6 is 0 Å². The van der Waals surface area contributed by atoms with E-state index in [1.807, 2.05) is 0 Å². The van der Waals surface area contributed by atoms with Crippen molar-refractivity contribution in [1.82, 2.24) is 0 Å². The summed E-state index contributed by atoms with van der Waals surface area (Å²) in [6.07, 6.45) is 0. The van der Waals surface area contributed by atoms with Gasteiger partial charge in [0.2, 0.25) is 0 Å². The quantitative estimate of drug-likeness (QED) is 0.372. The fourth-order valence-corrected chi connectivity index (χ4v) is 1.55. The fraction of sp³-hybridized carbons (Fsp3) is 0.500. The van der Waals surface area contributed by atoms with Gasteiger partial charge < -0.3 is 53.7 Å². The van der Waals surface area contributed by atoms with E-state index in [1.54, 1.807) is 0 Å². The van der Waals surface area contributed by atoms with Crippen LogP contribution in [0.2, 0.25) is 0 Å². The number of halogens is 2. The summed E-state index contributed by atoms with van der Waals surface area (Å²) in [5, 5.41) is 0. The topological polar surface area (TPSA) is 23.8 Å². The molecule has 1 aromatic carbocycles. The molecule has 0 fully saturated rings. The summed E-state index contributed by atoms with van der Waals surface area (Å²) in [6, 6.07) is 6.17. The second kappa shape index (κ2) is 9.98. The van der Waals surface area contributed by atoms with Gasteiger partial charge in [-0.1, -0.05) is 57.0 Å². The Labute approximate surface area is 144 Å². The van der Waals surface area contributed by atoms with Gasteiger partial charge in [-0.15, -0.1) is 5.69 Å². The number of nitrogens with one attached hydrogen (secondary N) is 1. The molecule has 0 radical (unpaired) electrons. The van der Waals surface area contributed by atoms with Crippen LogP contribution < -0.4 is 48.0 Å². The minimum atomic E-state index is 0. The SMILES string of the molecule is CC(C)c1cccc(C(C)C)c1[NH-].[Al+3].[I-].[I-]. The number of benzene rings is 1. The van der Waals surface area contributed by atoms with Crippen LogP contribution in [0.5, 0.6) is 0 Å². The Kier molecular flexibility index (Phi) is 13.9. The molecule has 4 heteroatoms. The maximum atomic E-state index is 8.01. The predicted octanol–water partition coefficient (Wildman–Crippen LogP) is -1.76. The molecule has 88 valence electrons. The molecule has 0 spiro atoms.